The van der Waals surface area contributed by atoms with Gasteiger partial charge in [-0.05, 0) is 25.7 Å². The van der Waals surface area contributed by atoms with E-state index in [9.17, 15) is 13.2 Å². The van der Waals surface area contributed by atoms with Crippen LogP contribution in [0.3, 0.4) is 0 Å². The molecule has 0 N–H and O–H groups in total. The van der Waals surface area contributed by atoms with E-state index in [2.05, 4.69) is 6.92 Å². The number of hydrogen-bond acceptors (Lipinski definition) is 4. The summed E-state index contributed by atoms with van der Waals surface area (Å²) in [5, 5.41) is 0. The van der Waals surface area contributed by atoms with Crippen molar-refractivity contribution in [3.8, 4) is 0 Å². The summed E-state index contributed by atoms with van der Waals surface area (Å²) in [6, 6.07) is 0. The largest absolute Gasteiger partial charge is 0.381 e. The Hall–Kier alpha value is -0.620. The number of sulfone groups is 1. The van der Waals surface area contributed by atoms with Crippen LogP contribution in [-0.2, 0) is 19.4 Å². The van der Waals surface area contributed by atoms with Crippen LogP contribution in [0, 0.1) is 17.8 Å². The van der Waals surface area contributed by atoms with Crippen LogP contribution in [0.2, 0.25) is 0 Å². The van der Waals surface area contributed by atoms with Crippen molar-refractivity contribution in [2.75, 3.05) is 32.1 Å². The molecule has 1 saturated carbocycles. The lowest BCUT2D eigenvalue weighted by Crippen LogP contribution is -2.69. The van der Waals surface area contributed by atoms with Crippen molar-refractivity contribution >= 4 is 15.7 Å². The summed E-state index contributed by atoms with van der Waals surface area (Å²) in [5.41, 5.74) is 0. The molecule has 0 bridgehead atoms. The van der Waals surface area contributed by atoms with Gasteiger partial charge in [0.05, 0.1) is 12.4 Å². The number of hydrogen-bond donors (Lipinski definition) is 0. The number of carbonyl (C=O) groups excluding carboxylic acids is 1. The Morgan fingerprint density at radius 1 is 1.40 bits per heavy atom. The second kappa shape index (κ2) is 4.70. The van der Waals surface area contributed by atoms with E-state index >= 15 is 0 Å². The molecule has 2 heterocycles. The van der Waals surface area contributed by atoms with Gasteiger partial charge in [-0.25, -0.2) is 8.42 Å². The average molecular weight is 301 g/mol. The Kier molecular flexibility index (Phi) is 3.36. The molecule has 2 aliphatic heterocycles. The lowest BCUT2D eigenvalue weighted by molar-refractivity contribution is -0.139. The Morgan fingerprint density at radius 2 is 2.05 bits per heavy atom. The number of ether oxygens (including phenoxy) is 1. The molecule has 1 spiro atoms. The van der Waals surface area contributed by atoms with Gasteiger partial charge in [-0.2, -0.15) is 0 Å². The molecule has 5 nitrogen and oxygen atoms in total. The smallest absolute Gasteiger partial charge is 0.226 e. The van der Waals surface area contributed by atoms with Crippen molar-refractivity contribution in [3.05, 3.63) is 0 Å². The molecule has 0 radical (unpaired) electrons. The highest BCUT2D eigenvalue weighted by molar-refractivity contribution is 7.93. The number of carbonyl (C=O) groups is 1. The van der Waals surface area contributed by atoms with Crippen LogP contribution in [0.1, 0.15) is 26.7 Å². The van der Waals surface area contributed by atoms with E-state index in [-0.39, 0.29) is 23.5 Å². The number of amides is 1. The third-order valence-corrected chi connectivity index (χ3v) is 7.88. The van der Waals surface area contributed by atoms with Gasteiger partial charge in [0.2, 0.25) is 5.91 Å². The minimum Gasteiger partial charge on any atom is -0.381 e. The van der Waals surface area contributed by atoms with E-state index in [4.69, 9.17) is 4.74 Å². The van der Waals surface area contributed by atoms with E-state index in [1.165, 1.54) is 0 Å². The van der Waals surface area contributed by atoms with E-state index in [1.807, 2.05) is 6.92 Å². The molecular formula is C14H23NO4S. The Bertz CT molecular complexity index is 509. The first kappa shape index (κ1) is 14.3. The molecule has 3 fully saturated rings. The molecule has 2 saturated heterocycles. The zero-order chi connectivity index (χ0) is 14.5. The molecular weight excluding hydrogens is 278 g/mol. The van der Waals surface area contributed by atoms with Gasteiger partial charge in [0.1, 0.15) is 4.75 Å². The van der Waals surface area contributed by atoms with Gasteiger partial charge in [-0.3, -0.25) is 4.79 Å². The van der Waals surface area contributed by atoms with Crippen LogP contribution in [0.15, 0.2) is 0 Å². The van der Waals surface area contributed by atoms with Crippen molar-refractivity contribution in [1.29, 1.82) is 0 Å². The Balaban J connectivity index is 1.69. The van der Waals surface area contributed by atoms with E-state index in [0.717, 1.165) is 6.42 Å². The number of nitrogens with zero attached hydrogens (tertiary/aromatic N) is 1. The lowest BCUT2D eigenvalue weighted by Gasteiger charge is -2.50. The fourth-order valence-electron chi connectivity index (χ4n) is 3.62. The molecule has 1 amide bonds. The van der Waals surface area contributed by atoms with Crippen LogP contribution in [-0.4, -0.2) is 56.0 Å². The molecule has 3 rings (SSSR count). The number of rotatable bonds is 4. The third kappa shape index (κ3) is 1.99. The van der Waals surface area contributed by atoms with Gasteiger partial charge in [0, 0.05) is 31.5 Å². The first-order valence-electron chi connectivity index (χ1n) is 7.50. The minimum atomic E-state index is -3.09. The van der Waals surface area contributed by atoms with Crippen LogP contribution >= 0.6 is 0 Å². The fraction of sp³-hybridized carbons (Fsp3) is 0.929. The zero-order valence-corrected chi connectivity index (χ0v) is 13.0. The maximum absolute atomic E-state index is 12.4. The SMILES string of the molecule is CCOC[C@@H]1CCS(=O)(=O)C12CN(C(=O)[C@H]1C[C@@H]1C)C2. The molecule has 0 unspecified atom stereocenters. The Labute approximate surface area is 120 Å². The predicted octanol–water partition coefficient (Wildman–Crippen LogP) is 0.695. The van der Waals surface area contributed by atoms with Gasteiger partial charge >= 0.3 is 0 Å². The fourth-order valence-corrected chi connectivity index (χ4v) is 6.02. The van der Waals surface area contributed by atoms with Crippen molar-refractivity contribution in [1.82, 2.24) is 4.90 Å². The summed E-state index contributed by atoms with van der Waals surface area (Å²) in [7, 11) is -3.09. The first-order valence-corrected chi connectivity index (χ1v) is 9.15. The van der Waals surface area contributed by atoms with Gasteiger partial charge in [-0.1, -0.05) is 6.92 Å². The standard InChI is InChI=1S/C14H23NO4S/c1-3-19-7-11-4-5-20(17,18)14(11)8-15(9-14)13(16)12-6-10(12)2/h10-12H,3-9H2,1-2H3/t10-,11-,12-/m0/s1. The highest BCUT2D eigenvalue weighted by Gasteiger charge is 2.63. The highest BCUT2D eigenvalue weighted by atomic mass is 32.2. The summed E-state index contributed by atoms with van der Waals surface area (Å²) >= 11 is 0. The molecule has 0 aromatic rings. The van der Waals surface area contributed by atoms with Crippen LogP contribution in [0.4, 0.5) is 0 Å². The summed E-state index contributed by atoms with van der Waals surface area (Å²) in [5.74, 6) is 1.06. The molecule has 114 valence electrons. The zero-order valence-electron chi connectivity index (χ0n) is 12.2. The Morgan fingerprint density at radius 3 is 2.60 bits per heavy atom. The minimum absolute atomic E-state index is 0.0492. The third-order valence-electron chi connectivity index (χ3n) is 5.28. The maximum Gasteiger partial charge on any atom is 0.226 e. The number of likely N-dealkylation sites (tertiary alicyclic amines) is 1. The molecule has 6 heteroatoms. The van der Waals surface area contributed by atoms with E-state index in [1.54, 1.807) is 4.90 Å². The normalized spacial score (nSPS) is 36.9. The van der Waals surface area contributed by atoms with Crippen molar-refractivity contribution in [2.24, 2.45) is 17.8 Å². The van der Waals surface area contributed by atoms with Crippen molar-refractivity contribution < 1.29 is 17.9 Å². The maximum atomic E-state index is 12.4. The highest BCUT2D eigenvalue weighted by Crippen LogP contribution is 2.47. The first-order chi connectivity index (χ1) is 9.41. The second-order valence-corrected chi connectivity index (χ2v) is 8.99. The molecule has 1 aliphatic carbocycles. The van der Waals surface area contributed by atoms with E-state index < -0.39 is 14.6 Å². The van der Waals surface area contributed by atoms with E-state index in [0.29, 0.717) is 38.6 Å². The van der Waals surface area contributed by atoms with Gasteiger partial charge in [0.15, 0.2) is 9.84 Å². The summed E-state index contributed by atoms with van der Waals surface area (Å²) < 4.78 is 29.5. The van der Waals surface area contributed by atoms with Crippen molar-refractivity contribution in [3.63, 3.8) is 0 Å². The summed E-state index contributed by atoms with van der Waals surface area (Å²) in [6.07, 6.45) is 1.63. The quantitative estimate of drug-likeness (QED) is 0.766. The molecule has 3 aliphatic rings. The van der Waals surface area contributed by atoms with Gasteiger partial charge in [0.25, 0.3) is 0 Å². The second-order valence-electron chi connectivity index (χ2n) is 6.54. The van der Waals surface area contributed by atoms with Crippen LogP contribution in [0.25, 0.3) is 0 Å². The van der Waals surface area contributed by atoms with Crippen LogP contribution in [0.5, 0.6) is 0 Å². The van der Waals surface area contributed by atoms with Gasteiger partial charge in [-0.15, -0.1) is 0 Å². The van der Waals surface area contributed by atoms with Gasteiger partial charge < -0.3 is 9.64 Å². The summed E-state index contributed by atoms with van der Waals surface area (Å²) in [6.45, 7) is 5.86. The molecule has 0 aromatic carbocycles. The summed E-state index contributed by atoms with van der Waals surface area (Å²) in [4.78, 5) is 13.9. The topological polar surface area (TPSA) is 63.7 Å². The monoisotopic (exact) mass is 301 g/mol. The van der Waals surface area contributed by atoms with Crippen molar-refractivity contribution in [2.45, 2.75) is 31.4 Å². The molecule has 3 atom stereocenters. The van der Waals surface area contributed by atoms with Crippen LogP contribution < -0.4 is 0 Å². The molecule has 0 aromatic heterocycles. The predicted molar refractivity (Wildman–Crippen MR) is 75.0 cm³/mol. The average Bonchev–Trinajstić information content (AvgIpc) is 2.99. The lowest BCUT2D eigenvalue weighted by atomic mass is 9.83. The molecule has 20 heavy (non-hydrogen) atoms.